The van der Waals surface area contributed by atoms with Crippen molar-refractivity contribution in [2.45, 2.75) is 529 Å². The molecule has 1 spiro atoms. The molecule has 0 aromatic heterocycles. The van der Waals surface area contributed by atoms with E-state index in [1.807, 2.05) is 48.5 Å². The highest BCUT2D eigenvalue weighted by Gasteiger charge is 2.66. The molecule has 0 aromatic rings. The number of carbonyl (C=O) groups excluding carboxylic acids is 6. The molecule has 23 aliphatic carbocycles. The Labute approximate surface area is 882 Å². The second kappa shape index (κ2) is 50.6. The number of ether oxygens (including phenoxy) is 6. The topological polar surface area (TPSA) is 178 Å². The van der Waals surface area contributed by atoms with Crippen molar-refractivity contribution in [3.05, 3.63) is 0 Å². The number of aliphatic hydroxyl groups is 1. The van der Waals surface area contributed by atoms with E-state index in [9.17, 15) is 33.9 Å². The Morgan fingerprint density at radius 2 is 0.655 bits per heavy atom. The fourth-order valence-electron chi connectivity index (χ4n) is 36.7. The van der Waals surface area contributed by atoms with Gasteiger partial charge in [0.15, 0.2) is 0 Å². The van der Waals surface area contributed by atoms with Crippen molar-refractivity contribution in [3.63, 3.8) is 0 Å². The van der Waals surface area contributed by atoms with Crippen LogP contribution in [-0.2, 0) is 57.2 Å². The van der Waals surface area contributed by atoms with E-state index >= 15 is 0 Å². The summed E-state index contributed by atoms with van der Waals surface area (Å²) in [6, 6.07) is 0. The number of hydrogen-bond donors (Lipinski definition) is 1. The van der Waals surface area contributed by atoms with Crippen molar-refractivity contribution in [1.82, 2.24) is 0 Å². The summed E-state index contributed by atoms with van der Waals surface area (Å²) in [4.78, 5) is 75.1. The van der Waals surface area contributed by atoms with Gasteiger partial charge in [-0.15, -0.1) is 0 Å². The molecular weight excluding hydrogens is 1760 g/mol. The standard InChI is InChI=1S/C23H36O2.C21H32O2.C18H30O2.C15H26O2.C14H24O2.C12H18O2.C12H22O.14CH4/c1-13-14(2)19-8-18(13)9-20(19)21(24)25-22(3,4)23-10-15-5-16(11-23)7-17(6-15)12-23;1-11-12(2)18-9-15(11)10-19(18)20(22)23-21(3)16-5-13-4-14(7-16)8-17(21)6-13;1-4-18(8-6-5-7-9-18)20-17(19)16-11-14-10-15(16)13(3)12(14)2;1-6-15(4,5)17-14(16)13-8-11-7-12(13)10(3)9(11)2;1-8-9(2)11-6-10(8)7-12(11)13(15)16-14(3,4)5;1-7-8(2)10-5-9(7)6-12(10)3-4-14-11(12)13;1-7-8(2)10-5-9(7)6-11(10)12(3,4)13;;;;;;;;;;;;;;/h13-20H,5-12H2,1-4H3;11-19H,4-10H2,1-3H3;12-16H,4-11H2,1-3H3;9-13H,6-8H2,1-5H3;8-12H,6-7H2,1-5H3;7-10H,3-6H2,1-2H3;7-11,13H,5-6H2,1-4H3;14*1H4. The molecule has 1 N–H and O–H groups in total. The van der Waals surface area contributed by atoms with Crippen LogP contribution in [-0.4, -0.2) is 81.1 Å². The highest BCUT2D eigenvalue weighted by Crippen LogP contribution is 2.69. The van der Waals surface area contributed by atoms with Crippen molar-refractivity contribution >= 4 is 35.8 Å². The lowest BCUT2D eigenvalue weighted by atomic mass is 9.46. The summed E-state index contributed by atoms with van der Waals surface area (Å²) in [6.07, 6.45) is 40.5. The molecule has 24 aliphatic rings. The maximum Gasteiger partial charge on any atom is 0.312 e. The van der Waals surface area contributed by atoms with E-state index in [0.29, 0.717) is 89.5 Å². The van der Waals surface area contributed by atoms with Gasteiger partial charge in [0.05, 0.1) is 47.2 Å². The van der Waals surface area contributed by atoms with Gasteiger partial charge in [-0.2, -0.15) is 0 Å². The zero-order valence-corrected chi connectivity index (χ0v) is 86.1. The lowest BCUT2D eigenvalue weighted by Gasteiger charge is -2.61. The van der Waals surface area contributed by atoms with Gasteiger partial charge in [-0.1, -0.05) is 221 Å². The zero-order chi connectivity index (χ0) is 92.4. The van der Waals surface area contributed by atoms with Gasteiger partial charge >= 0.3 is 35.8 Å². The Balaban J connectivity index is 0.000000557. The number of fused-ring (bicyclic) bond motifs is 15. The van der Waals surface area contributed by atoms with Gasteiger partial charge in [0.1, 0.15) is 28.0 Å². The van der Waals surface area contributed by atoms with E-state index in [-0.39, 0.29) is 208 Å². The van der Waals surface area contributed by atoms with E-state index in [0.717, 1.165) is 201 Å². The van der Waals surface area contributed by atoms with Gasteiger partial charge in [0, 0.05) is 5.41 Å². The first-order valence-corrected chi connectivity index (χ1v) is 55.0. The fourth-order valence-corrected chi connectivity index (χ4v) is 36.7. The summed E-state index contributed by atoms with van der Waals surface area (Å²) in [7, 11) is 0. The second-order valence-electron chi connectivity index (χ2n) is 54.2. The molecular formula is C129H244O13. The summed E-state index contributed by atoms with van der Waals surface area (Å²) in [5, 5.41) is 10.0. The largest absolute Gasteiger partial charge is 0.465 e. The summed E-state index contributed by atoms with van der Waals surface area (Å²) in [6.45, 7) is 58.4. The average Bonchev–Trinajstić information content (AvgIpc) is 1.58. The maximum absolute atomic E-state index is 13.2. The molecule has 22 bridgehead atoms. The Hall–Kier alpha value is -3.22. The number of carbonyl (C=O) groups is 6. The Bertz CT molecular complexity index is 3840. The summed E-state index contributed by atoms with van der Waals surface area (Å²) in [5.41, 5.74) is -1.40. The summed E-state index contributed by atoms with van der Waals surface area (Å²) >= 11 is 0. The van der Waals surface area contributed by atoms with Crippen molar-refractivity contribution < 1.29 is 62.3 Å². The molecule has 0 radical (unpaired) electrons. The van der Waals surface area contributed by atoms with Crippen LogP contribution in [0, 0.1) is 253 Å². The summed E-state index contributed by atoms with van der Waals surface area (Å²) < 4.78 is 35.3. The third-order valence-electron chi connectivity index (χ3n) is 46.2. The SMILES string of the molecule is C.C.C.C.C.C.C.C.C.C.C.C.C.C.CC1C2CC(C(=O)OC(C)(C)C)C(C2)C1C.CC1C2CC(C(=O)OC(C)(C)C34CC5CC(CC(C5)C3)C4)C(C2)C1C.CC1C2CC(C(=O)OC3(C)C4CC5CC(C4)CC3C5)C(C2)C1C.CC1C2CC(C1C)C(C(C)(C)O)C2.CC1C2CC(C1C)C1(CCOC1=O)C2.CCC(C)(C)OC(=O)C1CC2CC1C(C)C2C.CCC1(OC(=O)C2CC3CC2C(C)C3C)CCCCC1. The fraction of sp³-hybridized carbons (Fsp3) is 0.953. The smallest absolute Gasteiger partial charge is 0.312 e. The Morgan fingerprint density at radius 1 is 0.338 bits per heavy atom. The highest BCUT2D eigenvalue weighted by atomic mass is 16.6. The van der Waals surface area contributed by atoms with Crippen LogP contribution in [0.4, 0.5) is 0 Å². The molecule has 24 rings (SSSR count). The van der Waals surface area contributed by atoms with Gasteiger partial charge in [-0.3, -0.25) is 28.8 Å². The first kappa shape index (κ1) is 135. The number of hydrogen-bond acceptors (Lipinski definition) is 13. The van der Waals surface area contributed by atoms with E-state index in [1.54, 1.807) is 0 Å². The molecule has 35 atom stereocenters. The number of cyclic esters (lactones) is 1. The van der Waals surface area contributed by atoms with Crippen molar-refractivity contribution in [2.24, 2.45) is 253 Å². The van der Waals surface area contributed by atoms with Crippen molar-refractivity contribution in [1.29, 1.82) is 0 Å². The molecule has 0 amide bonds. The normalized spacial score (nSPS) is 44.8. The molecule has 13 nitrogen and oxygen atoms in total. The molecule has 1 heterocycles. The molecule has 13 heteroatoms. The maximum atomic E-state index is 13.2. The van der Waals surface area contributed by atoms with E-state index in [2.05, 4.69) is 132 Å². The van der Waals surface area contributed by atoms with Crippen molar-refractivity contribution in [2.75, 3.05) is 6.61 Å². The lowest BCUT2D eigenvalue weighted by molar-refractivity contribution is -0.209. The second-order valence-corrected chi connectivity index (χ2v) is 54.2. The highest BCUT2D eigenvalue weighted by molar-refractivity contribution is 5.80. The minimum Gasteiger partial charge on any atom is -0.465 e. The third kappa shape index (κ3) is 25.3. The first-order chi connectivity index (χ1) is 60.0. The monoisotopic (exact) mass is 2000 g/mol. The lowest BCUT2D eigenvalue weighted by Crippen LogP contribution is -2.58. The molecule has 24 fully saturated rings. The Morgan fingerprint density at radius 3 is 0.951 bits per heavy atom. The van der Waals surface area contributed by atoms with Crippen LogP contribution >= 0.6 is 0 Å². The molecule has 1 saturated heterocycles. The zero-order valence-electron chi connectivity index (χ0n) is 86.1. The predicted octanol–water partition coefficient (Wildman–Crippen LogP) is 35.4. The average molecular weight is 2000 g/mol. The summed E-state index contributed by atoms with van der Waals surface area (Å²) in [5.74, 6) is 28.7. The van der Waals surface area contributed by atoms with E-state index in [4.69, 9.17) is 28.4 Å². The third-order valence-corrected chi connectivity index (χ3v) is 46.2. The van der Waals surface area contributed by atoms with Crippen LogP contribution in [0.1, 0.15) is 496 Å². The molecule has 23 saturated carbocycles. The van der Waals surface area contributed by atoms with Gasteiger partial charge in [-0.05, 0) is 488 Å². The predicted molar refractivity (Wildman–Crippen MR) is 602 cm³/mol. The van der Waals surface area contributed by atoms with Gasteiger partial charge < -0.3 is 33.5 Å². The molecule has 142 heavy (non-hydrogen) atoms. The van der Waals surface area contributed by atoms with Crippen LogP contribution in [0.25, 0.3) is 0 Å². The van der Waals surface area contributed by atoms with Crippen molar-refractivity contribution in [3.8, 4) is 0 Å². The quantitative estimate of drug-likeness (QED) is 0.136. The van der Waals surface area contributed by atoms with Crippen LogP contribution in [0.2, 0.25) is 0 Å². The number of rotatable bonds is 13. The van der Waals surface area contributed by atoms with Crippen LogP contribution in [0.3, 0.4) is 0 Å². The molecule has 0 aromatic carbocycles. The molecule has 1 aliphatic heterocycles. The minimum absolute atomic E-state index is 0. The van der Waals surface area contributed by atoms with Gasteiger partial charge in [0.25, 0.3) is 0 Å². The van der Waals surface area contributed by atoms with Crippen LogP contribution in [0.5, 0.6) is 0 Å². The number of esters is 6. The van der Waals surface area contributed by atoms with Gasteiger partial charge in [0.2, 0.25) is 0 Å². The minimum atomic E-state index is -0.451. The first-order valence-electron chi connectivity index (χ1n) is 55.0. The molecule has 838 valence electrons. The van der Waals surface area contributed by atoms with Gasteiger partial charge in [-0.25, -0.2) is 0 Å². The van der Waals surface area contributed by atoms with Crippen LogP contribution in [0.15, 0.2) is 0 Å². The van der Waals surface area contributed by atoms with Crippen LogP contribution < -0.4 is 0 Å². The Kier molecular flexibility index (Phi) is 48.0. The van der Waals surface area contributed by atoms with E-state index in [1.165, 1.54) is 141 Å². The van der Waals surface area contributed by atoms with E-state index < -0.39 is 5.60 Å². The molecule has 35 unspecified atom stereocenters.